The Labute approximate surface area is 190 Å². The summed E-state index contributed by atoms with van der Waals surface area (Å²) >= 11 is 0. The number of para-hydroxylation sites is 1. The Hall–Kier alpha value is -4.20. The third-order valence-corrected chi connectivity index (χ3v) is 5.20. The second kappa shape index (κ2) is 9.95. The Kier molecular flexibility index (Phi) is 6.64. The lowest BCUT2D eigenvalue weighted by atomic mass is 10.0. The van der Waals surface area contributed by atoms with E-state index in [0.717, 1.165) is 4.90 Å². The molecule has 168 valence electrons. The minimum atomic E-state index is -0.660. The standard InChI is InChI=1S/C25H22FN3O4/c26-21-12-5-4-7-18(21)15-27-23(30)16-29-24(31)14-22(28-25(29)32)17-8-6-11-20(13-17)33-19-9-2-1-3-10-19/h1-13,22H,14-16H2,(H,27,30)(H,28,32). The molecule has 1 unspecified atom stereocenters. The van der Waals surface area contributed by atoms with E-state index in [2.05, 4.69) is 10.6 Å². The first kappa shape index (κ1) is 22.0. The maximum Gasteiger partial charge on any atom is 0.325 e. The van der Waals surface area contributed by atoms with Crippen molar-refractivity contribution >= 4 is 17.8 Å². The molecule has 0 spiro atoms. The summed E-state index contributed by atoms with van der Waals surface area (Å²) in [7, 11) is 0. The van der Waals surface area contributed by atoms with Crippen LogP contribution in [-0.4, -0.2) is 29.3 Å². The van der Waals surface area contributed by atoms with Crippen LogP contribution in [0.1, 0.15) is 23.6 Å². The topological polar surface area (TPSA) is 87.7 Å². The zero-order valence-electron chi connectivity index (χ0n) is 17.7. The minimum Gasteiger partial charge on any atom is -0.457 e. The van der Waals surface area contributed by atoms with E-state index in [4.69, 9.17) is 4.74 Å². The highest BCUT2D eigenvalue weighted by Gasteiger charge is 2.34. The number of carbonyl (C=O) groups excluding carboxylic acids is 3. The van der Waals surface area contributed by atoms with E-state index in [9.17, 15) is 18.8 Å². The minimum absolute atomic E-state index is 0.00111. The predicted molar refractivity (Wildman–Crippen MR) is 119 cm³/mol. The lowest BCUT2D eigenvalue weighted by Gasteiger charge is -2.31. The van der Waals surface area contributed by atoms with Crippen molar-refractivity contribution in [1.82, 2.24) is 15.5 Å². The Balaban J connectivity index is 1.35. The monoisotopic (exact) mass is 447 g/mol. The molecule has 1 heterocycles. The summed E-state index contributed by atoms with van der Waals surface area (Å²) < 4.78 is 19.5. The average Bonchev–Trinajstić information content (AvgIpc) is 2.81. The van der Waals surface area contributed by atoms with Crippen molar-refractivity contribution in [2.45, 2.75) is 19.0 Å². The summed E-state index contributed by atoms with van der Waals surface area (Å²) in [5.41, 5.74) is 1.03. The molecule has 1 atom stereocenters. The number of amides is 4. The molecule has 7 nitrogen and oxygen atoms in total. The molecule has 4 amide bonds. The molecule has 3 aromatic carbocycles. The van der Waals surface area contributed by atoms with Gasteiger partial charge < -0.3 is 15.4 Å². The summed E-state index contributed by atoms with van der Waals surface area (Å²) in [6, 6.07) is 21.3. The number of benzene rings is 3. The molecule has 0 saturated carbocycles. The molecule has 4 rings (SSSR count). The van der Waals surface area contributed by atoms with Crippen molar-refractivity contribution in [3.05, 3.63) is 95.8 Å². The number of nitrogens with one attached hydrogen (secondary N) is 2. The normalized spacial score (nSPS) is 15.7. The number of rotatable bonds is 7. The third-order valence-electron chi connectivity index (χ3n) is 5.20. The van der Waals surface area contributed by atoms with E-state index in [1.165, 1.54) is 6.07 Å². The summed E-state index contributed by atoms with van der Waals surface area (Å²) in [5.74, 6) is -0.218. The largest absolute Gasteiger partial charge is 0.457 e. The molecule has 1 saturated heterocycles. The fraction of sp³-hybridized carbons (Fsp3) is 0.160. The zero-order valence-corrected chi connectivity index (χ0v) is 17.7. The number of hydrogen-bond donors (Lipinski definition) is 2. The SMILES string of the molecule is O=C(CN1C(=O)CC(c2cccc(Oc3ccccc3)c2)NC1=O)NCc1ccccc1F. The molecule has 1 aliphatic heterocycles. The molecule has 8 heteroatoms. The molecule has 0 radical (unpaired) electrons. The Morgan fingerprint density at radius 1 is 1.00 bits per heavy atom. The van der Waals surface area contributed by atoms with Crippen LogP contribution in [0.2, 0.25) is 0 Å². The number of hydrogen-bond acceptors (Lipinski definition) is 4. The number of urea groups is 1. The van der Waals surface area contributed by atoms with Gasteiger partial charge in [-0.2, -0.15) is 0 Å². The van der Waals surface area contributed by atoms with Crippen molar-refractivity contribution < 1.29 is 23.5 Å². The quantitative estimate of drug-likeness (QED) is 0.575. The molecular weight excluding hydrogens is 425 g/mol. The van der Waals surface area contributed by atoms with Crippen LogP contribution in [0.5, 0.6) is 11.5 Å². The molecule has 3 aromatic rings. The van der Waals surface area contributed by atoms with Crippen molar-refractivity contribution in [2.24, 2.45) is 0 Å². The van der Waals surface area contributed by atoms with E-state index in [1.807, 2.05) is 30.3 Å². The van der Waals surface area contributed by atoms with Gasteiger partial charge in [0.15, 0.2) is 0 Å². The van der Waals surface area contributed by atoms with E-state index >= 15 is 0 Å². The van der Waals surface area contributed by atoms with Gasteiger partial charge in [0.05, 0.1) is 12.5 Å². The van der Waals surface area contributed by atoms with Crippen molar-refractivity contribution in [2.75, 3.05) is 6.54 Å². The van der Waals surface area contributed by atoms with Crippen LogP contribution in [0.3, 0.4) is 0 Å². The molecular formula is C25H22FN3O4. The zero-order chi connectivity index (χ0) is 23.2. The number of ether oxygens (including phenoxy) is 1. The lowest BCUT2D eigenvalue weighted by Crippen LogP contribution is -2.54. The molecule has 0 aliphatic carbocycles. The maximum atomic E-state index is 13.7. The summed E-state index contributed by atoms with van der Waals surface area (Å²) in [5, 5.41) is 5.30. The highest BCUT2D eigenvalue weighted by molar-refractivity contribution is 6.00. The van der Waals surface area contributed by atoms with E-state index in [-0.39, 0.29) is 13.0 Å². The lowest BCUT2D eigenvalue weighted by molar-refractivity contribution is -0.134. The molecule has 2 N–H and O–H groups in total. The van der Waals surface area contributed by atoms with Gasteiger partial charge in [-0.25, -0.2) is 9.18 Å². The summed E-state index contributed by atoms with van der Waals surface area (Å²) in [4.78, 5) is 38.3. The van der Waals surface area contributed by atoms with Gasteiger partial charge in [-0.3, -0.25) is 14.5 Å². The molecule has 1 aliphatic rings. The third kappa shape index (κ3) is 5.54. The highest BCUT2D eigenvalue weighted by Crippen LogP contribution is 2.28. The first-order valence-corrected chi connectivity index (χ1v) is 10.4. The number of imide groups is 1. The van der Waals surface area contributed by atoms with Crippen LogP contribution >= 0.6 is 0 Å². The van der Waals surface area contributed by atoms with Gasteiger partial charge in [0.1, 0.15) is 23.9 Å². The molecule has 0 aromatic heterocycles. The Morgan fingerprint density at radius 3 is 2.48 bits per heavy atom. The van der Waals surface area contributed by atoms with E-state index < -0.39 is 36.2 Å². The first-order valence-electron chi connectivity index (χ1n) is 10.4. The van der Waals surface area contributed by atoms with E-state index in [0.29, 0.717) is 22.6 Å². The van der Waals surface area contributed by atoms with Crippen LogP contribution in [0.25, 0.3) is 0 Å². The summed E-state index contributed by atoms with van der Waals surface area (Å²) in [6.45, 7) is -0.477. The second-order valence-corrected chi connectivity index (χ2v) is 7.54. The van der Waals surface area contributed by atoms with Gasteiger partial charge in [0.2, 0.25) is 11.8 Å². The fourth-order valence-corrected chi connectivity index (χ4v) is 3.49. The number of halogens is 1. The predicted octanol–water partition coefficient (Wildman–Crippen LogP) is 3.92. The number of carbonyl (C=O) groups is 3. The van der Waals surface area contributed by atoms with Gasteiger partial charge in [-0.05, 0) is 35.9 Å². The van der Waals surface area contributed by atoms with Crippen LogP contribution in [0.4, 0.5) is 9.18 Å². The van der Waals surface area contributed by atoms with Gasteiger partial charge in [0, 0.05) is 12.1 Å². The molecule has 33 heavy (non-hydrogen) atoms. The summed E-state index contributed by atoms with van der Waals surface area (Å²) in [6.07, 6.45) is 0.00111. The first-order chi connectivity index (χ1) is 16.0. The Morgan fingerprint density at radius 2 is 1.73 bits per heavy atom. The van der Waals surface area contributed by atoms with Crippen molar-refractivity contribution in [3.8, 4) is 11.5 Å². The van der Waals surface area contributed by atoms with Crippen molar-refractivity contribution in [1.29, 1.82) is 0 Å². The maximum absolute atomic E-state index is 13.7. The van der Waals surface area contributed by atoms with Crippen LogP contribution in [0.15, 0.2) is 78.9 Å². The van der Waals surface area contributed by atoms with Crippen molar-refractivity contribution in [3.63, 3.8) is 0 Å². The van der Waals surface area contributed by atoms with Gasteiger partial charge >= 0.3 is 6.03 Å². The second-order valence-electron chi connectivity index (χ2n) is 7.54. The van der Waals surface area contributed by atoms with Crippen LogP contribution in [0, 0.1) is 5.82 Å². The van der Waals surface area contributed by atoms with Gasteiger partial charge in [-0.15, -0.1) is 0 Å². The van der Waals surface area contributed by atoms with Crippen LogP contribution < -0.4 is 15.4 Å². The van der Waals surface area contributed by atoms with Gasteiger partial charge in [-0.1, -0.05) is 48.5 Å². The van der Waals surface area contributed by atoms with E-state index in [1.54, 1.807) is 42.5 Å². The van der Waals surface area contributed by atoms with Crippen LogP contribution in [-0.2, 0) is 16.1 Å². The fourth-order valence-electron chi connectivity index (χ4n) is 3.49. The molecule has 1 fully saturated rings. The number of nitrogens with zero attached hydrogens (tertiary/aromatic N) is 1. The average molecular weight is 447 g/mol. The highest BCUT2D eigenvalue weighted by atomic mass is 19.1. The molecule has 0 bridgehead atoms. The Bertz CT molecular complexity index is 1150. The smallest absolute Gasteiger partial charge is 0.325 e. The van der Waals surface area contributed by atoms with Gasteiger partial charge in [0.25, 0.3) is 0 Å².